The molecule has 0 aliphatic carbocycles. The molecule has 0 saturated carbocycles. The third-order valence-corrected chi connectivity index (χ3v) is 5.75. The van der Waals surface area contributed by atoms with Gasteiger partial charge in [0.1, 0.15) is 18.1 Å². The molecule has 1 aromatic rings. The summed E-state index contributed by atoms with van der Waals surface area (Å²) in [5, 5.41) is 25.6. The molecule has 4 amide bonds. The molecule has 206 valence electrons. The highest BCUT2D eigenvalue weighted by Crippen LogP contribution is 2.08. The van der Waals surface area contributed by atoms with Crippen molar-refractivity contribution < 1.29 is 39.0 Å². The molecule has 0 bridgehead atoms. The molecule has 37 heavy (non-hydrogen) atoms. The Morgan fingerprint density at radius 1 is 0.946 bits per heavy atom. The van der Waals surface area contributed by atoms with Crippen LogP contribution < -0.4 is 27.4 Å². The number of nitrogens with two attached hydrogens (primary N) is 2. The van der Waals surface area contributed by atoms with Crippen LogP contribution in [0.4, 0.5) is 0 Å². The van der Waals surface area contributed by atoms with Crippen LogP contribution in [-0.2, 0) is 35.2 Å². The Hall–Kier alpha value is -4.01. The van der Waals surface area contributed by atoms with Crippen LogP contribution in [0.1, 0.15) is 51.6 Å². The smallest absolute Gasteiger partial charge is 0.326 e. The second kappa shape index (κ2) is 15.2. The maximum atomic E-state index is 13.1. The van der Waals surface area contributed by atoms with E-state index in [-0.39, 0.29) is 31.6 Å². The number of hydrogen-bond acceptors (Lipinski definition) is 8. The summed E-state index contributed by atoms with van der Waals surface area (Å²) < 4.78 is 0. The minimum Gasteiger partial charge on any atom is -0.481 e. The molecule has 1 aromatic heterocycles. The standard InChI is InChI=1S/C22H35N7O8/c1-3-11(2)18(24)21(35)27-13(5-7-17(31)32)19(33)29-15(8-12-9-25-10-26-12)20(34)28-14(22(36)37)4-6-16(23)30/h9-11,13-15,18H,3-8,24H2,1-2H3,(H2,23,30)(H,25,26)(H,27,35)(H,28,34)(H,29,33)(H,31,32)(H,36,37). The number of imidazole rings is 1. The van der Waals surface area contributed by atoms with Crippen LogP contribution in [0.5, 0.6) is 0 Å². The predicted octanol–water partition coefficient (Wildman–Crippen LogP) is -2.01. The zero-order chi connectivity index (χ0) is 28.1. The molecule has 0 spiro atoms. The largest absolute Gasteiger partial charge is 0.481 e. The third kappa shape index (κ3) is 11.1. The molecule has 0 aliphatic rings. The van der Waals surface area contributed by atoms with E-state index in [1.165, 1.54) is 12.5 Å². The summed E-state index contributed by atoms with van der Waals surface area (Å²) in [5.41, 5.74) is 11.4. The molecule has 0 saturated heterocycles. The lowest BCUT2D eigenvalue weighted by Gasteiger charge is -2.25. The van der Waals surface area contributed by atoms with E-state index in [0.717, 1.165) is 0 Å². The maximum absolute atomic E-state index is 13.1. The van der Waals surface area contributed by atoms with Gasteiger partial charge in [0.2, 0.25) is 23.6 Å². The monoisotopic (exact) mass is 525 g/mol. The highest BCUT2D eigenvalue weighted by Gasteiger charge is 2.31. The predicted molar refractivity (Wildman–Crippen MR) is 128 cm³/mol. The van der Waals surface area contributed by atoms with Gasteiger partial charge in [-0.3, -0.25) is 24.0 Å². The van der Waals surface area contributed by atoms with Crippen LogP contribution in [0.2, 0.25) is 0 Å². The molecule has 1 heterocycles. The van der Waals surface area contributed by atoms with Crippen molar-refractivity contribution in [1.29, 1.82) is 0 Å². The minimum absolute atomic E-state index is 0.133. The first-order chi connectivity index (χ1) is 17.3. The average molecular weight is 526 g/mol. The number of nitrogens with one attached hydrogen (secondary N) is 4. The Kier molecular flexibility index (Phi) is 12.7. The average Bonchev–Trinajstić information content (AvgIpc) is 3.35. The lowest BCUT2D eigenvalue weighted by Crippen LogP contribution is -2.58. The van der Waals surface area contributed by atoms with E-state index in [9.17, 15) is 33.9 Å². The number of aromatic amines is 1. The fourth-order valence-electron chi connectivity index (χ4n) is 3.23. The van der Waals surface area contributed by atoms with E-state index >= 15 is 0 Å². The van der Waals surface area contributed by atoms with Gasteiger partial charge in [0.15, 0.2) is 0 Å². The highest BCUT2D eigenvalue weighted by molar-refractivity contribution is 5.94. The van der Waals surface area contributed by atoms with Gasteiger partial charge in [-0.1, -0.05) is 20.3 Å². The molecule has 0 radical (unpaired) electrons. The van der Waals surface area contributed by atoms with Gasteiger partial charge in [-0.25, -0.2) is 9.78 Å². The molecule has 15 heteroatoms. The van der Waals surface area contributed by atoms with Gasteiger partial charge in [-0.05, 0) is 18.8 Å². The van der Waals surface area contributed by atoms with Gasteiger partial charge < -0.3 is 42.6 Å². The summed E-state index contributed by atoms with van der Waals surface area (Å²) in [6.07, 6.45) is 1.88. The molecule has 5 unspecified atom stereocenters. The topological polar surface area (TPSA) is 260 Å². The van der Waals surface area contributed by atoms with Crippen LogP contribution in [0.25, 0.3) is 0 Å². The van der Waals surface area contributed by atoms with Gasteiger partial charge in [0.25, 0.3) is 0 Å². The number of primary amides is 1. The fourth-order valence-corrected chi connectivity index (χ4v) is 3.23. The van der Waals surface area contributed by atoms with Crippen molar-refractivity contribution in [3.8, 4) is 0 Å². The molecule has 0 fully saturated rings. The van der Waals surface area contributed by atoms with Crippen molar-refractivity contribution in [3.63, 3.8) is 0 Å². The number of nitrogens with zero attached hydrogens (tertiary/aromatic N) is 1. The molecule has 0 aromatic carbocycles. The Balaban J connectivity index is 3.10. The summed E-state index contributed by atoms with van der Waals surface area (Å²) in [6, 6.07) is -5.08. The number of carbonyl (C=O) groups is 6. The van der Waals surface area contributed by atoms with Crippen molar-refractivity contribution in [2.24, 2.45) is 17.4 Å². The number of hydrogen-bond donors (Lipinski definition) is 8. The van der Waals surface area contributed by atoms with Crippen molar-refractivity contribution in [2.75, 3.05) is 0 Å². The van der Waals surface area contributed by atoms with Crippen molar-refractivity contribution in [2.45, 2.75) is 76.5 Å². The van der Waals surface area contributed by atoms with Crippen LogP contribution in [0, 0.1) is 5.92 Å². The van der Waals surface area contributed by atoms with Crippen LogP contribution >= 0.6 is 0 Å². The van der Waals surface area contributed by atoms with Crippen LogP contribution in [0.15, 0.2) is 12.5 Å². The van der Waals surface area contributed by atoms with Crippen LogP contribution in [0.3, 0.4) is 0 Å². The van der Waals surface area contributed by atoms with Gasteiger partial charge in [-0.15, -0.1) is 0 Å². The number of aromatic nitrogens is 2. The third-order valence-electron chi connectivity index (χ3n) is 5.75. The SMILES string of the molecule is CCC(C)C(N)C(=O)NC(CCC(=O)O)C(=O)NC(Cc1cnc[nH]1)C(=O)NC(CCC(N)=O)C(=O)O. The number of amides is 4. The molecule has 0 aliphatic heterocycles. The van der Waals surface area contributed by atoms with Gasteiger partial charge in [0.05, 0.1) is 12.4 Å². The summed E-state index contributed by atoms with van der Waals surface area (Å²) in [5.74, 6) is -6.00. The van der Waals surface area contributed by atoms with Crippen molar-refractivity contribution in [3.05, 3.63) is 18.2 Å². The summed E-state index contributed by atoms with van der Waals surface area (Å²) in [7, 11) is 0. The van der Waals surface area contributed by atoms with E-state index in [0.29, 0.717) is 12.1 Å². The van der Waals surface area contributed by atoms with E-state index in [4.69, 9.17) is 16.6 Å². The Morgan fingerprint density at radius 2 is 1.51 bits per heavy atom. The Labute approximate surface area is 213 Å². The molecular weight excluding hydrogens is 490 g/mol. The lowest BCUT2D eigenvalue weighted by molar-refractivity contribution is -0.142. The normalized spacial score (nSPS) is 14.9. The number of carbonyl (C=O) groups excluding carboxylic acids is 4. The highest BCUT2D eigenvalue weighted by atomic mass is 16.4. The molecular formula is C22H35N7O8. The van der Waals surface area contributed by atoms with Gasteiger partial charge >= 0.3 is 11.9 Å². The van der Waals surface area contributed by atoms with Gasteiger partial charge in [0, 0.05) is 31.2 Å². The molecule has 1 rings (SSSR count). The van der Waals surface area contributed by atoms with E-state index in [2.05, 4.69) is 25.9 Å². The number of rotatable bonds is 17. The number of carboxylic acids is 2. The van der Waals surface area contributed by atoms with Crippen molar-refractivity contribution in [1.82, 2.24) is 25.9 Å². The zero-order valence-electron chi connectivity index (χ0n) is 20.7. The lowest BCUT2D eigenvalue weighted by atomic mass is 9.98. The summed E-state index contributed by atoms with van der Waals surface area (Å²) in [4.78, 5) is 78.9. The fraction of sp³-hybridized carbons (Fsp3) is 0.591. The Bertz CT molecular complexity index is 953. The van der Waals surface area contributed by atoms with E-state index in [1.54, 1.807) is 6.92 Å². The number of H-pyrrole nitrogens is 1. The van der Waals surface area contributed by atoms with Gasteiger partial charge in [-0.2, -0.15) is 0 Å². The molecule has 10 N–H and O–H groups in total. The first-order valence-electron chi connectivity index (χ1n) is 11.7. The number of carboxylic acid groups (broad SMARTS) is 2. The number of aliphatic carboxylic acids is 2. The first-order valence-corrected chi connectivity index (χ1v) is 11.7. The summed E-state index contributed by atoms with van der Waals surface area (Å²) in [6.45, 7) is 3.58. The van der Waals surface area contributed by atoms with E-state index in [1.807, 2.05) is 6.92 Å². The minimum atomic E-state index is -1.46. The zero-order valence-corrected chi connectivity index (χ0v) is 20.7. The Morgan fingerprint density at radius 3 is 2.03 bits per heavy atom. The molecule has 5 atom stereocenters. The maximum Gasteiger partial charge on any atom is 0.326 e. The summed E-state index contributed by atoms with van der Waals surface area (Å²) >= 11 is 0. The second-order valence-electron chi connectivity index (χ2n) is 8.65. The van der Waals surface area contributed by atoms with Crippen LogP contribution in [-0.4, -0.2) is 79.9 Å². The second-order valence-corrected chi connectivity index (χ2v) is 8.65. The first kappa shape index (κ1) is 31.0. The van der Waals surface area contributed by atoms with E-state index < -0.39 is 66.2 Å². The quantitative estimate of drug-likeness (QED) is 0.111. The van der Waals surface area contributed by atoms with Crippen molar-refractivity contribution >= 4 is 35.6 Å². The molecule has 15 nitrogen and oxygen atoms in total.